The third kappa shape index (κ3) is 3.16. The summed E-state index contributed by atoms with van der Waals surface area (Å²) in [7, 11) is 0. The van der Waals surface area contributed by atoms with E-state index < -0.39 is 0 Å². The van der Waals surface area contributed by atoms with Crippen LogP contribution in [0.4, 0.5) is 11.4 Å². The Morgan fingerprint density at radius 1 is 1.30 bits per heavy atom. The highest BCUT2D eigenvalue weighted by Crippen LogP contribution is 2.33. The molecule has 6 heteroatoms. The Kier molecular flexibility index (Phi) is 4.73. The van der Waals surface area contributed by atoms with Crippen molar-refractivity contribution >= 4 is 60.7 Å². The average molecular weight is 419 g/mol. The lowest BCUT2D eigenvalue weighted by atomic mass is 10.1. The topological polar surface area (TPSA) is 55.1 Å². The van der Waals surface area contributed by atoms with Crippen LogP contribution in [0.3, 0.4) is 0 Å². The van der Waals surface area contributed by atoms with E-state index in [2.05, 4.69) is 37.2 Å². The van der Waals surface area contributed by atoms with Gasteiger partial charge in [0.2, 0.25) is 0 Å². The fourth-order valence-corrected chi connectivity index (χ4v) is 3.30. The normalized spacial score (nSPS) is 10.4. The molecule has 0 atom stereocenters. The van der Waals surface area contributed by atoms with E-state index in [4.69, 9.17) is 17.3 Å². The van der Waals surface area contributed by atoms with Crippen LogP contribution in [0.5, 0.6) is 0 Å². The first kappa shape index (κ1) is 15.4. The molecule has 0 fully saturated rings. The number of aryl methyl sites for hydroxylation is 1. The van der Waals surface area contributed by atoms with Gasteiger partial charge in [-0.3, -0.25) is 4.79 Å². The quantitative estimate of drug-likeness (QED) is 0.674. The van der Waals surface area contributed by atoms with Crippen molar-refractivity contribution in [3.05, 3.63) is 55.4 Å². The summed E-state index contributed by atoms with van der Waals surface area (Å²) in [4.78, 5) is 12.3. The molecule has 0 heterocycles. The van der Waals surface area contributed by atoms with Crippen molar-refractivity contribution in [2.45, 2.75) is 6.92 Å². The van der Waals surface area contributed by atoms with E-state index >= 15 is 0 Å². The van der Waals surface area contributed by atoms with Crippen LogP contribution in [-0.4, -0.2) is 5.91 Å². The molecule has 2 aromatic carbocycles. The summed E-state index contributed by atoms with van der Waals surface area (Å²) >= 11 is 12.9. The Morgan fingerprint density at radius 3 is 2.65 bits per heavy atom. The van der Waals surface area contributed by atoms with Crippen molar-refractivity contribution < 1.29 is 4.79 Å². The molecule has 2 aromatic rings. The molecule has 0 aliphatic heterocycles. The number of halogens is 3. The lowest BCUT2D eigenvalue weighted by Gasteiger charge is -2.12. The zero-order valence-electron chi connectivity index (χ0n) is 10.5. The molecule has 0 aliphatic carbocycles. The highest BCUT2D eigenvalue weighted by molar-refractivity contribution is 9.11. The van der Waals surface area contributed by atoms with E-state index in [9.17, 15) is 4.79 Å². The Balaban J connectivity index is 2.36. The largest absolute Gasteiger partial charge is 0.397 e. The molecule has 0 radical (unpaired) electrons. The molecular formula is C14H11Br2ClN2O. The van der Waals surface area contributed by atoms with Crippen molar-refractivity contribution in [3.63, 3.8) is 0 Å². The van der Waals surface area contributed by atoms with Crippen molar-refractivity contribution in [1.82, 2.24) is 0 Å². The standard InChI is InChI=1S/C14H11Br2ClN2O/c1-7-3-2-4-9(12(7)17)14(20)19-13-10(16)5-8(15)6-11(13)18/h2-6H,18H2,1H3,(H,19,20). The van der Waals surface area contributed by atoms with Gasteiger partial charge in [0.05, 0.1) is 22.0 Å². The highest BCUT2D eigenvalue weighted by atomic mass is 79.9. The SMILES string of the molecule is Cc1cccc(C(=O)Nc2c(N)cc(Br)cc2Br)c1Cl. The minimum absolute atomic E-state index is 0.298. The summed E-state index contributed by atoms with van der Waals surface area (Å²) in [5.74, 6) is -0.298. The van der Waals surface area contributed by atoms with Crippen molar-refractivity contribution in [2.75, 3.05) is 11.1 Å². The van der Waals surface area contributed by atoms with Crippen molar-refractivity contribution in [1.29, 1.82) is 0 Å². The number of nitrogen functional groups attached to an aromatic ring is 1. The van der Waals surface area contributed by atoms with Crippen molar-refractivity contribution in [3.8, 4) is 0 Å². The summed E-state index contributed by atoms with van der Waals surface area (Å²) in [6.45, 7) is 1.85. The molecule has 0 spiro atoms. The third-order valence-electron chi connectivity index (χ3n) is 2.76. The molecule has 0 unspecified atom stereocenters. The summed E-state index contributed by atoms with van der Waals surface area (Å²) in [6.07, 6.45) is 0. The van der Waals surface area contributed by atoms with Crippen LogP contribution in [0.2, 0.25) is 5.02 Å². The number of amides is 1. The molecule has 0 saturated carbocycles. The molecule has 2 rings (SSSR count). The number of hydrogen-bond acceptors (Lipinski definition) is 2. The van der Waals surface area contributed by atoms with E-state index in [1.807, 2.05) is 19.1 Å². The van der Waals surface area contributed by atoms with Gasteiger partial charge in [0, 0.05) is 8.95 Å². The first-order valence-electron chi connectivity index (χ1n) is 5.71. The van der Waals surface area contributed by atoms with Crippen LogP contribution in [0.1, 0.15) is 15.9 Å². The summed E-state index contributed by atoms with van der Waals surface area (Å²) in [6, 6.07) is 8.84. The van der Waals surface area contributed by atoms with Crippen LogP contribution in [-0.2, 0) is 0 Å². The number of carbonyl (C=O) groups excluding carboxylic acids is 1. The predicted molar refractivity (Wildman–Crippen MR) is 90.4 cm³/mol. The Hall–Kier alpha value is -1.04. The molecule has 3 nitrogen and oxygen atoms in total. The summed E-state index contributed by atoms with van der Waals surface area (Å²) in [5, 5.41) is 3.22. The molecule has 104 valence electrons. The molecule has 0 saturated heterocycles. The number of anilines is 2. The van der Waals surface area contributed by atoms with Gasteiger partial charge in [-0.1, -0.05) is 39.7 Å². The van der Waals surface area contributed by atoms with Gasteiger partial charge in [0.25, 0.3) is 5.91 Å². The summed E-state index contributed by atoms with van der Waals surface area (Å²) < 4.78 is 1.52. The lowest BCUT2D eigenvalue weighted by molar-refractivity contribution is 0.102. The smallest absolute Gasteiger partial charge is 0.257 e. The Morgan fingerprint density at radius 2 is 2.00 bits per heavy atom. The van der Waals surface area contributed by atoms with E-state index in [0.29, 0.717) is 26.4 Å². The van der Waals surface area contributed by atoms with Gasteiger partial charge < -0.3 is 11.1 Å². The lowest BCUT2D eigenvalue weighted by Crippen LogP contribution is -2.14. The maximum absolute atomic E-state index is 12.3. The number of benzene rings is 2. The second kappa shape index (κ2) is 6.16. The number of nitrogens with two attached hydrogens (primary N) is 1. The maximum atomic E-state index is 12.3. The van der Waals surface area contributed by atoms with Gasteiger partial charge in [0.15, 0.2) is 0 Å². The number of carbonyl (C=O) groups is 1. The van der Waals surface area contributed by atoms with Crippen LogP contribution >= 0.6 is 43.5 Å². The zero-order valence-corrected chi connectivity index (χ0v) is 14.4. The molecule has 0 aliphatic rings. The van der Waals surface area contributed by atoms with E-state index in [1.54, 1.807) is 18.2 Å². The average Bonchev–Trinajstić information content (AvgIpc) is 2.36. The van der Waals surface area contributed by atoms with Gasteiger partial charge in [-0.25, -0.2) is 0 Å². The fraction of sp³-hybridized carbons (Fsp3) is 0.0714. The van der Waals surface area contributed by atoms with Gasteiger partial charge in [-0.15, -0.1) is 0 Å². The monoisotopic (exact) mass is 416 g/mol. The van der Waals surface area contributed by atoms with Gasteiger partial charge >= 0.3 is 0 Å². The molecule has 20 heavy (non-hydrogen) atoms. The second-order valence-electron chi connectivity index (χ2n) is 4.24. The minimum Gasteiger partial charge on any atom is -0.397 e. The Bertz CT molecular complexity index is 666. The van der Waals surface area contributed by atoms with Gasteiger partial charge in [0.1, 0.15) is 0 Å². The minimum atomic E-state index is -0.298. The molecule has 0 bridgehead atoms. The van der Waals surface area contributed by atoms with Gasteiger partial charge in [-0.05, 0) is 46.6 Å². The third-order valence-corrected chi connectivity index (χ3v) is 4.35. The van der Waals surface area contributed by atoms with E-state index in [0.717, 1.165) is 10.0 Å². The van der Waals surface area contributed by atoms with E-state index in [1.165, 1.54) is 0 Å². The zero-order chi connectivity index (χ0) is 14.9. The molecule has 1 amide bonds. The number of hydrogen-bond donors (Lipinski definition) is 2. The highest BCUT2D eigenvalue weighted by Gasteiger charge is 2.15. The van der Waals surface area contributed by atoms with Crippen LogP contribution in [0.25, 0.3) is 0 Å². The Labute approximate surface area is 138 Å². The van der Waals surface area contributed by atoms with E-state index in [-0.39, 0.29) is 5.91 Å². The maximum Gasteiger partial charge on any atom is 0.257 e. The number of nitrogens with one attached hydrogen (secondary N) is 1. The molecule has 0 aromatic heterocycles. The van der Waals surface area contributed by atoms with Crippen molar-refractivity contribution in [2.24, 2.45) is 0 Å². The first-order chi connectivity index (χ1) is 9.40. The predicted octanol–water partition coefficient (Wildman–Crippen LogP) is 5.01. The van der Waals surface area contributed by atoms with Gasteiger partial charge in [-0.2, -0.15) is 0 Å². The second-order valence-corrected chi connectivity index (χ2v) is 6.39. The van der Waals surface area contributed by atoms with Crippen LogP contribution in [0.15, 0.2) is 39.3 Å². The fourth-order valence-electron chi connectivity index (χ4n) is 1.73. The number of rotatable bonds is 2. The first-order valence-corrected chi connectivity index (χ1v) is 7.67. The molecular weight excluding hydrogens is 407 g/mol. The summed E-state index contributed by atoms with van der Waals surface area (Å²) in [5.41, 5.74) is 8.16. The molecule has 3 N–H and O–H groups in total. The van der Waals surface area contributed by atoms with Crippen LogP contribution < -0.4 is 11.1 Å². The van der Waals surface area contributed by atoms with Crippen LogP contribution in [0, 0.1) is 6.92 Å².